The number of pyridine rings is 1. The van der Waals surface area contributed by atoms with Crippen LogP contribution in [0.15, 0.2) is 79.0 Å². The predicted octanol–water partition coefficient (Wildman–Crippen LogP) is 4.13. The summed E-state index contributed by atoms with van der Waals surface area (Å²) in [7, 11) is 0. The number of rotatable bonds is 6. The van der Waals surface area contributed by atoms with Crippen LogP contribution < -0.4 is 5.73 Å². The monoisotopic (exact) mass is 393 g/mol. The normalized spacial score (nSPS) is 11.6. The van der Waals surface area contributed by atoms with Crippen molar-refractivity contribution in [2.24, 2.45) is 5.73 Å². The van der Waals surface area contributed by atoms with Gasteiger partial charge in [-0.25, -0.2) is 4.39 Å². The van der Waals surface area contributed by atoms with E-state index in [0.717, 1.165) is 11.3 Å². The topological polar surface area (TPSA) is 59.2 Å². The summed E-state index contributed by atoms with van der Waals surface area (Å²) in [5, 5.41) is 0.0210. The van der Waals surface area contributed by atoms with E-state index in [2.05, 4.69) is 4.98 Å². The van der Waals surface area contributed by atoms with Gasteiger partial charge in [0, 0.05) is 29.9 Å². The van der Waals surface area contributed by atoms with Crippen LogP contribution in [0.5, 0.6) is 0 Å². The largest absolute Gasteiger partial charge is 0.376 e. The van der Waals surface area contributed by atoms with Crippen LogP contribution in [0, 0.1) is 5.82 Å². The molecule has 0 saturated heterocycles. The summed E-state index contributed by atoms with van der Waals surface area (Å²) in [4.78, 5) is 18.6. The SMILES string of the molecule is NC(=S)N(CCC(c1ccc(F)cc1)c1ccccn1)C(=O)c1ccccc1. The maximum Gasteiger partial charge on any atom is 0.260 e. The molecule has 6 heteroatoms. The van der Waals surface area contributed by atoms with Crippen molar-refractivity contribution in [2.75, 3.05) is 6.54 Å². The standard InChI is InChI=1S/C22H20FN3OS/c23-18-11-9-16(10-12-18)19(20-8-4-5-14-25-20)13-15-26(22(24)28)21(27)17-6-2-1-3-7-17/h1-12,14,19H,13,15H2,(H2,24,28). The average Bonchev–Trinajstić information content (AvgIpc) is 2.73. The van der Waals surface area contributed by atoms with Crippen LogP contribution in [0.4, 0.5) is 4.39 Å². The third-order valence-corrected chi connectivity index (χ3v) is 4.71. The second kappa shape index (κ2) is 9.19. The number of hydrogen-bond acceptors (Lipinski definition) is 3. The van der Waals surface area contributed by atoms with Gasteiger partial charge in [-0.1, -0.05) is 36.4 Å². The van der Waals surface area contributed by atoms with E-state index in [0.29, 0.717) is 18.5 Å². The fraction of sp³-hybridized carbons (Fsp3) is 0.136. The molecule has 0 fully saturated rings. The van der Waals surface area contributed by atoms with Crippen molar-refractivity contribution in [1.29, 1.82) is 0 Å². The zero-order valence-corrected chi connectivity index (χ0v) is 16.0. The minimum absolute atomic E-state index is 0.0210. The van der Waals surface area contributed by atoms with E-state index in [1.54, 1.807) is 42.6 Å². The van der Waals surface area contributed by atoms with Crippen LogP contribution in [0.3, 0.4) is 0 Å². The molecule has 0 saturated carbocycles. The number of thiocarbonyl (C=S) groups is 1. The number of nitrogens with zero attached hydrogens (tertiary/aromatic N) is 2. The average molecular weight is 393 g/mol. The zero-order valence-electron chi connectivity index (χ0n) is 15.2. The number of carbonyl (C=O) groups excluding carboxylic acids is 1. The number of nitrogens with two attached hydrogens (primary N) is 1. The molecule has 2 N–H and O–H groups in total. The van der Waals surface area contributed by atoms with Crippen molar-refractivity contribution in [1.82, 2.24) is 9.88 Å². The van der Waals surface area contributed by atoms with Crippen LogP contribution in [0.25, 0.3) is 0 Å². The molecule has 4 nitrogen and oxygen atoms in total. The Hall–Kier alpha value is -3.12. The van der Waals surface area contributed by atoms with Gasteiger partial charge in [-0.15, -0.1) is 0 Å². The van der Waals surface area contributed by atoms with Gasteiger partial charge >= 0.3 is 0 Å². The zero-order chi connectivity index (χ0) is 19.9. The van der Waals surface area contributed by atoms with Crippen molar-refractivity contribution >= 4 is 23.2 Å². The van der Waals surface area contributed by atoms with Gasteiger partial charge in [0.1, 0.15) is 5.82 Å². The summed E-state index contributed by atoms with van der Waals surface area (Å²) in [6.07, 6.45) is 2.25. The molecule has 0 spiro atoms. The molecule has 0 radical (unpaired) electrons. The van der Waals surface area contributed by atoms with Gasteiger partial charge in [-0.05, 0) is 60.6 Å². The lowest BCUT2D eigenvalue weighted by Gasteiger charge is -2.24. The summed E-state index contributed by atoms with van der Waals surface area (Å²) < 4.78 is 13.4. The Bertz CT molecular complexity index is 933. The van der Waals surface area contributed by atoms with Crippen LogP contribution >= 0.6 is 12.2 Å². The maximum absolute atomic E-state index is 13.4. The van der Waals surface area contributed by atoms with Crippen LogP contribution in [-0.4, -0.2) is 27.4 Å². The highest BCUT2D eigenvalue weighted by molar-refractivity contribution is 7.80. The van der Waals surface area contributed by atoms with Gasteiger partial charge in [-0.2, -0.15) is 0 Å². The summed E-state index contributed by atoms with van der Waals surface area (Å²) in [5.74, 6) is -0.665. The molecule has 3 rings (SSSR count). The Balaban J connectivity index is 1.84. The first-order chi connectivity index (χ1) is 13.6. The highest BCUT2D eigenvalue weighted by atomic mass is 32.1. The Kier molecular flexibility index (Phi) is 6.45. The van der Waals surface area contributed by atoms with Crippen molar-refractivity contribution in [3.05, 3.63) is 102 Å². The van der Waals surface area contributed by atoms with E-state index >= 15 is 0 Å². The molecular weight excluding hydrogens is 373 g/mol. The quantitative estimate of drug-likeness (QED) is 0.640. The molecule has 142 valence electrons. The number of benzene rings is 2. The second-order valence-electron chi connectivity index (χ2n) is 6.31. The van der Waals surface area contributed by atoms with E-state index in [1.807, 2.05) is 24.3 Å². The fourth-order valence-electron chi connectivity index (χ4n) is 3.07. The number of halogens is 1. The lowest BCUT2D eigenvalue weighted by Crippen LogP contribution is -2.41. The lowest BCUT2D eigenvalue weighted by atomic mass is 9.91. The third-order valence-electron chi connectivity index (χ3n) is 4.49. The molecule has 1 atom stereocenters. The van der Waals surface area contributed by atoms with Crippen LogP contribution in [0.1, 0.15) is 34.0 Å². The predicted molar refractivity (Wildman–Crippen MR) is 111 cm³/mol. The first kappa shape index (κ1) is 19.6. The van der Waals surface area contributed by atoms with Crippen molar-refractivity contribution in [2.45, 2.75) is 12.3 Å². The highest BCUT2D eigenvalue weighted by Gasteiger charge is 2.22. The minimum atomic E-state index is -0.299. The minimum Gasteiger partial charge on any atom is -0.376 e. The van der Waals surface area contributed by atoms with E-state index in [9.17, 15) is 9.18 Å². The molecule has 28 heavy (non-hydrogen) atoms. The van der Waals surface area contributed by atoms with Gasteiger partial charge in [-0.3, -0.25) is 14.7 Å². The molecule has 2 aromatic carbocycles. The fourth-order valence-corrected chi connectivity index (χ4v) is 3.24. The number of carbonyl (C=O) groups is 1. The first-order valence-corrected chi connectivity index (χ1v) is 9.30. The number of amides is 1. The summed E-state index contributed by atoms with van der Waals surface area (Å²) in [6.45, 7) is 0.321. The van der Waals surface area contributed by atoms with Gasteiger partial charge in [0.25, 0.3) is 5.91 Å². The van der Waals surface area contributed by atoms with E-state index in [-0.39, 0.29) is 22.8 Å². The Morgan fingerprint density at radius 3 is 2.32 bits per heavy atom. The van der Waals surface area contributed by atoms with Gasteiger partial charge < -0.3 is 5.73 Å². The number of aromatic nitrogens is 1. The van der Waals surface area contributed by atoms with Crippen LogP contribution in [0.2, 0.25) is 0 Å². The molecule has 0 aliphatic carbocycles. The van der Waals surface area contributed by atoms with Crippen LogP contribution in [-0.2, 0) is 0 Å². The lowest BCUT2D eigenvalue weighted by molar-refractivity contribution is 0.0846. The molecule has 0 aliphatic rings. The number of hydrogen-bond donors (Lipinski definition) is 1. The molecule has 1 amide bonds. The second-order valence-corrected chi connectivity index (χ2v) is 6.73. The van der Waals surface area contributed by atoms with Gasteiger partial charge in [0.05, 0.1) is 0 Å². The van der Waals surface area contributed by atoms with E-state index in [1.165, 1.54) is 17.0 Å². The Morgan fingerprint density at radius 1 is 1.04 bits per heavy atom. The molecule has 0 aliphatic heterocycles. The maximum atomic E-state index is 13.4. The molecule has 0 bridgehead atoms. The van der Waals surface area contributed by atoms with Crippen molar-refractivity contribution < 1.29 is 9.18 Å². The smallest absolute Gasteiger partial charge is 0.260 e. The molecular formula is C22H20FN3OS. The Morgan fingerprint density at radius 2 is 1.71 bits per heavy atom. The third kappa shape index (κ3) is 4.78. The van der Waals surface area contributed by atoms with Crippen molar-refractivity contribution in [3.63, 3.8) is 0 Å². The van der Waals surface area contributed by atoms with Crippen molar-refractivity contribution in [3.8, 4) is 0 Å². The van der Waals surface area contributed by atoms with E-state index < -0.39 is 0 Å². The molecule has 3 aromatic rings. The molecule has 1 unspecified atom stereocenters. The highest BCUT2D eigenvalue weighted by Crippen LogP contribution is 2.27. The van der Waals surface area contributed by atoms with E-state index in [4.69, 9.17) is 18.0 Å². The molecule has 1 heterocycles. The first-order valence-electron chi connectivity index (χ1n) is 8.89. The Labute approximate surface area is 168 Å². The summed E-state index contributed by atoms with van der Waals surface area (Å²) in [6, 6.07) is 20.8. The van der Waals surface area contributed by atoms with Gasteiger partial charge in [0.2, 0.25) is 0 Å². The van der Waals surface area contributed by atoms with Gasteiger partial charge in [0.15, 0.2) is 5.11 Å². The summed E-state index contributed by atoms with van der Waals surface area (Å²) in [5.41, 5.74) is 8.10. The summed E-state index contributed by atoms with van der Waals surface area (Å²) >= 11 is 5.11. The molecule has 1 aromatic heterocycles.